The normalized spacial score (nSPS) is 28.9. The predicted octanol–water partition coefficient (Wildman–Crippen LogP) is 2.65. The Morgan fingerprint density at radius 2 is 2.33 bits per heavy atom. The molecule has 0 saturated carbocycles. The average molecular weight is 226 g/mol. The lowest BCUT2D eigenvalue weighted by atomic mass is 10.1. The first kappa shape index (κ1) is 10.7. The highest BCUT2D eigenvalue weighted by Gasteiger charge is 2.22. The minimum Gasteiger partial charge on any atom is -0.309 e. The summed E-state index contributed by atoms with van der Waals surface area (Å²) in [6, 6.07) is 0.624. The molecule has 1 fully saturated rings. The minimum atomic E-state index is 0.348. The van der Waals surface area contributed by atoms with Crippen molar-refractivity contribution in [3.05, 3.63) is 10.6 Å². The highest BCUT2D eigenvalue weighted by Crippen LogP contribution is 2.23. The lowest BCUT2D eigenvalue weighted by molar-refractivity contribution is 0.474. The zero-order valence-corrected chi connectivity index (χ0v) is 9.35. The summed E-state index contributed by atoms with van der Waals surface area (Å²) < 4.78 is 0.348. The fourth-order valence-electron chi connectivity index (χ4n) is 1.21. The van der Waals surface area contributed by atoms with Crippen LogP contribution < -0.4 is 5.32 Å². The molecule has 1 N–H and O–H groups in total. The van der Waals surface area contributed by atoms with Crippen LogP contribution in [0.1, 0.15) is 6.92 Å². The number of hydrogen-bond acceptors (Lipinski definition) is 2. The summed E-state index contributed by atoms with van der Waals surface area (Å²) in [6.45, 7) is 3.04. The van der Waals surface area contributed by atoms with Crippen LogP contribution in [-0.2, 0) is 0 Å². The molecule has 1 aliphatic heterocycles. The van der Waals surface area contributed by atoms with Crippen molar-refractivity contribution in [3.63, 3.8) is 0 Å². The molecule has 1 saturated heterocycles. The van der Waals surface area contributed by atoms with Crippen molar-refractivity contribution in [2.24, 2.45) is 5.92 Å². The van der Waals surface area contributed by atoms with Gasteiger partial charge in [-0.15, -0.1) is 0 Å². The van der Waals surface area contributed by atoms with E-state index in [1.54, 1.807) is 6.08 Å². The van der Waals surface area contributed by atoms with Crippen LogP contribution in [0, 0.1) is 5.92 Å². The molecule has 4 heteroatoms. The first-order chi connectivity index (χ1) is 5.70. The second kappa shape index (κ2) is 5.38. The number of rotatable bonds is 3. The van der Waals surface area contributed by atoms with Gasteiger partial charge in [0.15, 0.2) is 0 Å². The highest BCUT2D eigenvalue weighted by atomic mass is 35.5. The average Bonchev–Trinajstić information content (AvgIpc) is 2.36. The molecule has 0 radical (unpaired) electrons. The molecule has 1 heterocycles. The largest absolute Gasteiger partial charge is 0.309 e. The van der Waals surface area contributed by atoms with E-state index >= 15 is 0 Å². The van der Waals surface area contributed by atoms with Gasteiger partial charge < -0.3 is 5.32 Å². The smallest absolute Gasteiger partial charge is 0.104 e. The molecule has 0 aromatic carbocycles. The van der Waals surface area contributed by atoms with Crippen molar-refractivity contribution in [2.45, 2.75) is 13.0 Å². The Labute approximate surface area is 87.9 Å². The second-order valence-electron chi connectivity index (χ2n) is 3.02. The van der Waals surface area contributed by atoms with Gasteiger partial charge in [-0.05, 0) is 17.7 Å². The first-order valence-electron chi connectivity index (χ1n) is 4.02. The summed E-state index contributed by atoms with van der Waals surface area (Å²) in [7, 11) is 0. The van der Waals surface area contributed by atoms with E-state index in [1.807, 2.05) is 11.8 Å². The van der Waals surface area contributed by atoms with Gasteiger partial charge in [0.25, 0.3) is 0 Å². The zero-order valence-electron chi connectivity index (χ0n) is 7.02. The van der Waals surface area contributed by atoms with Gasteiger partial charge in [0.1, 0.15) is 4.49 Å². The number of hydrogen-bond donors (Lipinski definition) is 1. The van der Waals surface area contributed by atoms with Crippen molar-refractivity contribution in [3.8, 4) is 0 Å². The van der Waals surface area contributed by atoms with Crippen LogP contribution in [0.5, 0.6) is 0 Å². The lowest BCUT2D eigenvalue weighted by Crippen LogP contribution is -2.34. The van der Waals surface area contributed by atoms with Crippen molar-refractivity contribution >= 4 is 35.0 Å². The maximum Gasteiger partial charge on any atom is 0.104 e. The maximum absolute atomic E-state index is 5.48. The Balaban J connectivity index is 2.18. The third-order valence-corrected chi connectivity index (χ3v) is 3.67. The molecule has 0 spiro atoms. The Hall–Kier alpha value is 0.630. The summed E-state index contributed by atoms with van der Waals surface area (Å²) in [5, 5.41) is 3.40. The van der Waals surface area contributed by atoms with Crippen LogP contribution in [0.2, 0.25) is 0 Å². The van der Waals surface area contributed by atoms with E-state index < -0.39 is 0 Å². The van der Waals surface area contributed by atoms with Crippen molar-refractivity contribution < 1.29 is 0 Å². The van der Waals surface area contributed by atoms with Gasteiger partial charge in [-0.1, -0.05) is 30.1 Å². The van der Waals surface area contributed by atoms with Gasteiger partial charge in [-0.3, -0.25) is 0 Å². The molecule has 0 aromatic heterocycles. The van der Waals surface area contributed by atoms with E-state index in [2.05, 4.69) is 12.2 Å². The van der Waals surface area contributed by atoms with Gasteiger partial charge in [-0.2, -0.15) is 11.8 Å². The van der Waals surface area contributed by atoms with E-state index in [0.29, 0.717) is 10.5 Å². The SMILES string of the molecule is CC1CSCC1NCC=C(Cl)Cl. The van der Waals surface area contributed by atoms with E-state index in [-0.39, 0.29) is 0 Å². The van der Waals surface area contributed by atoms with Crippen molar-refractivity contribution in [1.82, 2.24) is 5.32 Å². The van der Waals surface area contributed by atoms with Gasteiger partial charge >= 0.3 is 0 Å². The molecule has 1 nitrogen and oxygen atoms in total. The fourth-order valence-corrected chi connectivity index (χ4v) is 2.80. The van der Waals surface area contributed by atoms with Crippen LogP contribution >= 0.6 is 35.0 Å². The summed E-state index contributed by atoms with van der Waals surface area (Å²) in [5.41, 5.74) is 0. The third kappa shape index (κ3) is 3.56. The Bertz CT molecular complexity index is 168. The molecule has 70 valence electrons. The van der Waals surface area contributed by atoms with Crippen molar-refractivity contribution in [2.75, 3.05) is 18.1 Å². The Morgan fingerprint density at radius 3 is 2.83 bits per heavy atom. The van der Waals surface area contributed by atoms with Crippen LogP contribution in [0.15, 0.2) is 10.6 Å². The zero-order chi connectivity index (χ0) is 8.97. The lowest BCUT2D eigenvalue weighted by Gasteiger charge is -2.14. The maximum atomic E-state index is 5.48. The topological polar surface area (TPSA) is 12.0 Å². The number of halogens is 2. The monoisotopic (exact) mass is 225 g/mol. The molecule has 0 bridgehead atoms. The molecule has 0 aromatic rings. The van der Waals surface area contributed by atoms with Crippen LogP contribution in [-0.4, -0.2) is 24.1 Å². The van der Waals surface area contributed by atoms with Crippen LogP contribution in [0.25, 0.3) is 0 Å². The number of thioether (sulfide) groups is 1. The van der Waals surface area contributed by atoms with E-state index in [4.69, 9.17) is 23.2 Å². The second-order valence-corrected chi connectivity index (χ2v) is 5.11. The van der Waals surface area contributed by atoms with Gasteiger partial charge in [0.05, 0.1) is 0 Å². The molecule has 1 aliphatic rings. The van der Waals surface area contributed by atoms with Gasteiger partial charge in [0, 0.05) is 18.3 Å². The molecule has 12 heavy (non-hydrogen) atoms. The third-order valence-electron chi connectivity index (χ3n) is 2.00. The standard InChI is InChI=1S/C8H13Cl2NS/c1-6-4-12-5-7(6)11-3-2-8(9)10/h2,6-7,11H,3-5H2,1H3. The molecule has 0 aliphatic carbocycles. The predicted molar refractivity (Wildman–Crippen MR) is 58.1 cm³/mol. The number of nitrogens with one attached hydrogen (secondary N) is 1. The summed E-state index contributed by atoms with van der Waals surface area (Å²) in [5.74, 6) is 3.22. The summed E-state index contributed by atoms with van der Waals surface area (Å²) in [6.07, 6.45) is 1.79. The van der Waals surface area contributed by atoms with Gasteiger partial charge in [0.2, 0.25) is 0 Å². The molecule has 2 unspecified atom stereocenters. The Morgan fingerprint density at radius 1 is 1.58 bits per heavy atom. The van der Waals surface area contributed by atoms with E-state index in [9.17, 15) is 0 Å². The summed E-state index contributed by atoms with van der Waals surface area (Å²) in [4.78, 5) is 0. The molecule has 0 amide bonds. The van der Waals surface area contributed by atoms with Crippen molar-refractivity contribution in [1.29, 1.82) is 0 Å². The minimum absolute atomic E-state index is 0.348. The molecule has 2 atom stereocenters. The quantitative estimate of drug-likeness (QED) is 0.793. The van der Waals surface area contributed by atoms with Gasteiger partial charge in [-0.25, -0.2) is 0 Å². The van der Waals surface area contributed by atoms with Crippen LogP contribution in [0.3, 0.4) is 0 Å². The Kier molecular flexibility index (Phi) is 4.80. The highest BCUT2D eigenvalue weighted by molar-refractivity contribution is 7.99. The van der Waals surface area contributed by atoms with E-state index in [1.165, 1.54) is 11.5 Å². The first-order valence-corrected chi connectivity index (χ1v) is 5.93. The van der Waals surface area contributed by atoms with Crippen LogP contribution in [0.4, 0.5) is 0 Å². The fraction of sp³-hybridized carbons (Fsp3) is 0.750. The van der Waals surface area contributed by atoms with E-state index in [0.717, 1.165) is 12.5 Å². The summed E-state index contributed by atoms with van der Waals surface area (Å²) >= 11 is 13.0. The molecule has 1 rings (SSSR count). The molecular weight excluding hydrogens is 213 g/mol. The molecular formula is C8H13Cl2NS.